The average molecular weight is 329 g/mol. The van der Waals surface area contributed by atoms with Crippen LogP contribution >= 0.6 is 0 Å². The molecule has 5 heteroatoms. The Bertz CT molecular complexity index is 748. The molecule has 0 saturated heterocycles. The largest absolute Gasteiger partial charge is 0.506 e. The SMILES string of the molecule is COc1ccc(C(=O)Nc2cc(C(C)(C)C)ccc2O)cc1OC. The van der Waals surface area contributed by atoms with Crippen LogP contribution in [0.1, 0.15) is 36.7 Å². The Kier molecular flexibility index (Phi) is 5.02. The molecule has 0 aliphatic heterocycles. The number of anilines is 1. The Balaban J connectivity index is 2.30. The van der Waals surface area contributed by atoms with Gasteiger partial charge in [-0.25, -0.2) is 0 Å². The molecule has 2 N–H and O–H groups in total. The maximum absolute atomic E-state index is 12.5. The number of amides is 1. The lowest BCUT2D eigenvalue weighted by molar-refractivity contribution is 0.102. The van der Waals surface area contributed by atoms with E-state index < -0.39 is 0 Å². The van der Waals surface area contributed by atoms with Crippen LogP contribution in [0.25, 0.3) is 0 Å². The topological polar surface area (TPSA) is 67.8 Å². The predicted octanol–water partition coefficient (Wildman–Crippen LogP) is 3.96. The number of phenols is 1. The van der Waals surface area contributed by atoms with E-state index in [9.17, 15) is 9.90 Å². The standard InChI is InChI=1S/C19H23NO4/c1-19(2,3)13-7-8-15(21)14(11-13)20-18(22)12-6-9-16(23-4)17(10-12)24-5/h6-11,21H,1-5H3,(H,20,22). The summed E-state index contributed by atoms with van der Waals surface area (Å²) in [5, 5.41) is 12.8. The molecule has 0 saturated carbocycles. The number of ether oxygens (including phenoxy) is 2. The molecular weight excluding hydrogens is 306 g/mol. The highest BCUT2D eigenvalue weighted by Gasteiger charge is 2.17. The number of benzene rings is 2. The Labute approximate surface area is 142 Å². The smallest absolute Gasteiger partial charge is 0.255 e. The second kappa shape index (κ2) is 6.83. The Morgan fingerprint density at radius 2 is 1.67 bits per heavy atom. The van der Waals surface area contributed by atoms with Gasteiger partial charge in [0.1, 0.15) is 5.75 Å². The Morgan fingerprint density at radius 1 is 1.00 bits per heavy atom. The molecule has 0 aliphatic carbocycles. The Morgan fingerprint density at radius 3 is 2.25 bits per heavy atom. The van der Waals surface area contributed by atoms with Gasteiger partial charge in [0, 0.05) is 5.56 Å². The summed E-state index contributed by atoms with van der Waals surface area (Å²) in [6.45, 7) is 6.21. The van der Waals surface area contributed by atoms with Crippen molar-refractivity contribution in [3.63, 3.8) is 0 Å². The van der Waals surface area contributed by atoms with Crippen molar-refractivity contribution in [2.24, 2.45) is 0 Å². The number of hydrogen-bond donors (Lipinski definition) is 2. The van der Waals surface area contributed by atoms with Crippen LogP contribution in [0.4, 0.5) is 5.69 Å². The highest BCUT2D eigenvalue weighted by atomic mass is 16.5. The second-order valence-electron chi connectivity index (χ2n) is 6.51. The van der Waals surface area contributed by atoms with E-state index in [1.165, 1.54) is 14.2 Å². The van der Waals surface area contributed by atoms with Crippen molar-refractivity contribution in [1.82, 2.24) is 0 Å². The summed E-state index contributed by atoms with van der Waals surface area (Å²) in [5.74, 6) is 0.707. The van der Waals surface area contributed by atoms with Crippen LogP contribution in [0.15, 0.2) is 36.4 Å². The van der Waals surface area contributed by atoms with Crippen LogP contribution in [0, 0.1) is 0 Å². The molecule has 2 rings (SSSR count). The first-order valence-electron chi connectivity index (χ1n) is 7.63. The first-order valence-corrected chi connectivity index (χ1v) is 7.63. The summed E-state index contributed by atoms with van der Waals surface area (Å²) in [6, 6.07) is 10.1. The van der Waals surface area contributed by atoms with Crippen LogP contribution in [0.3, 0.4) is 0 Å². The third-order valence-corrected chi connectivity index (χ3v) is 3.76. The van der Waals surface area contributed by atoms with E-state index in [0.29, 0.717) is 22.7 Å². The zero-order valence-corrected chi connectivity index (χ0v) is 14.6. The molecule has 1 amide bonds. The molecule has 0 aliphatic rings. The van der Waals surface area contributed by atoms with Gasteiger partial charge in [-0.3, -0.25) is 4.79 Å². The highest BCUT2D eigenvalue weighted by Crippen LogP contribution is 2.32. The molecule has 128 valence electrons. The van der Waals surface area contributed by atoms with Gasteiger partial charge in [0.05, 0.1) is 19.9 Å². The van der Waals surface area contributed by atoms with Gasteiger partial charge in [-0.2, -0.15) is 0 Å². The van der Waals surface area contributed by atoms with Crippen LogP contribution in [0.5, 0.6) is 17.2 Å². The normalized spacial score (nSPS) is 11.0. The molecule has 0 heterocycles. The third kappa shape index (κ3) is 3.79. The van der Waals surface area contributed by atoms with E-state index in [-0.39, 0.29) is 17.1 Å². The van der Waals surface area contributed by atoms with Gasteiger partial charge in [0.15, 0.2) is 11.5 Å². The molecule has 0 spiro atoms. The highest BCUT2D eigenvalue weighted by molar-refractivity contribution is 6.05. The number of methoxy groups -OCH3 is 2. The van der Waals surface area contributed by atoms with Crippen LogP contribution in [-0.4, -0.2) is 25.2 Å². The molecular formula is C19H23NO4. The lowest BCUT2D eigenvalue weighted by Gasteiger charge is -2.20. The zero-order valence-electron chi connectivity index (χ0n) is 14.6. The van der Waals surface area contributed by atoms with E-state index in [1.54, 1.807) is 30.3 Å². The molecule has 0 bridgehead atoms. The Hall–Kier alpha value is -2.69. The second-order valence-corrected chi connectivity index (χ2v) is 6.51. The maximum Gasteiger partial charge on any atom is 0.255 e. The number of rotatable bonds is 4. The molecule has 0 atom stereocenters. The summed E-state index contributed by atoms with van der Waals surface area (Å²) in [6.07, 6.45) is 0. The van der Waals surface area contributed by atoms with Crippen molar-refractivity contribution in [2.75, 3.05) is 19.5 Å². The summed E-state index contributed by atoms with van der Waals surface area (Å²) < 4.78 is 10.4. The average Bonchev–Trinajstić information content (AvgIpc) is 2.55. The maximum atomic E-state index is 12.5. The van der Waals surface area contributed by atoms with E-state index in [2.05, 4.69) is 26.1 Å². The molecule has 0 radical (unpaired) electrons. The molecule has 2 aromatic carbocycles. The molecule has 24 heavy (non-hydrogen) atoms. The van der Waals surface area contributed by atoms with Crippen LogP contribution in [0.2, 0.25) is 0 Å². The first-order chi connectivity index (χ1) is 11.3. The summed E-state index contributed by atoms with van der Waals surface area (Å²) in [5.41, 5.74) is 1.72. The van der Waals surface area contributed by atoms with Gasteiger partial charge in [0.2, 0.25) is 0 Å². The summed E-state index contributed by atoms with van der Waals surface area (Å²) in [7, 11) is 3.05. The number of phenolic OH excluding ortho intramolecular Hbond substituents is 1. The van der Waals surface area contributed by atoms with Gasteiger partial charge in [-0.1, -0.05) is 26.8 Å². The lowest BCUT2D eigenvalue weighted by atomic mass is 9.87. The minimum Gasteiger partial charge on any atom is -0.506 e. The fraction of sp³-hybridized carbons (Fsp3) is 0.316. The first kappa shape index (κ1) is 17.7. The number of carbonyl (C=O) groups excluding carboxylic acids is 1. The van der Waals surface area contributed by atoms with E-state index in [4.69, 9.17) is 9.47 Å². The van der Waals surface area contributed by atoms with E-state index in [1.807, 2.05) is 6.07 Å². The van der Waals surface area contributed by atoms with Crippen molar-refractivity contribution in [1.29, 1.82) is 0 Å². The van der Waals surface area contributed by atoms with E-state index >= 15 is 0 Å². The fourth-order valence-electron chi connectivity index (χ4n) is 2.27. The zero-order chi connectivity index (χ0) is 17.9. The van der Waals surface area contributed by atoms with Crippen molar-refractivity contribution < 1.29 is 19.4 Å². The monoisotopic (exact) mass is 329 g/mol. The van der Waals surface area contributed by atoms with E-state index in [0.717, 1.165) is 5.56 Å². The van der Waals surface area contributed by atoms with Crippen molar-refractivity contribution in [3.8, 4) is 17.2 Å². The predicted molar refractivity (Wildman–Crippen MR) is 94.3 cm³/mol. The quantitative estimate of drug-likeness (QED) is 0.833. The summed E-state index contributed by atoms with van der Waals surface area (Å²) in [4.78, 5) is 12.5. The third-order valence-electron chi connectivity index (χ3n) is 3.76. The van der Waals surface area contributed by atoms with Gasteiger partial charge < -0.3 is 19.9 Å². The van der Waals surface area contributed by atoms with Gasteiger partial charge in [-0.05, 0) is 41.3 Å². The molecule has 0 aromatic heterocycles. The van der Waals surface area contributed by atoms with Gasteiger partial charge in [-0.15, -0.1) is 0 Å². The van der Waals surface area contributed by atoms with Crippen LogP contribution < -0.4 is 14.8 Å². The number of aromatic hydroxyl groups is 1. The number of hydrogen-bond acceptors (Lipinski definition) is 4. The van der Waals surface area contributed by atoms with Gasteiger partial charge >= 0.3 is 0 Å². The van der Waals surface area contributed by atoms with Crippen molar-refractivity contribution in [2.45, 2.75) is 26.2 Å². The number of carbonyl (C=O) groups is 1. The molecule has 0 unspecified atom stereocenters. The van der Waals surface area contributed by atoms with Gasteiger partial charge in [0.25, 0.3) is 5.91 Å². The van der Waals surface area contributed by atoms with Crippen molar-refractivity contribution >= 4 is 11.6 Å². The molecule has 5 nitrogen and oxygen atoms in total. The van der Waals surface area contributed by atoms with Crippen LogP contribution in [-0.2, 0) is 5.41 Å². The lowest BCUT2D eigenvalue weighted by Crippen LogP contribution is -2.15. The molecule has 2 aromatic rings. The molecule has 0 fully saturated rings. The number of nitrogens with one attached hydrogen (secondary N) is 1. The minimum absolute atomic E-state index is 0.0248. The van der Waals surface area contributed by atoms with Crippen molar-refractivity contribution in [3.05, 3.63) is 47.5 Å². The summed E-state index contributed by atoms with van der Waals surface area (Å²) >= 11 is 0. The fourth-order valence-corrected chi connectivity index (χ4v) is 2.27. The minimum atomic E-state index is -0.336.